The number of nitrogens with two attached hydrogens (primary N) is 1. The molecule has 0 atom stereocenters. The molecule has 1 aromatic carbocycles. The first-order chi connectivity index (χ1) is 9.26. The number of rotatable bonds is 7. The van der Waals surface area contributed by atoms with Crippen molar-refractivity contribution in [1.29, 1.82) is 0 Å². The van der Waals surface area contributed by atoms with Gasteiger partial charge in [0.05, 0.1) is 6.61 Å². The van der Waals surface area contributed by atoms with Gasteiger partial charge in [0.2, 0.25) is 0 Å². The van der Waals surface area contributed by atoms with Gasteiger partial charge in [-0.15, -0.1) is 0 Å². The lowest BCUT2D eigenvalue weighted by Gasteiger charge is -2.23. The van der Waals surface area contributed by atoms with E-state index in [1.54, 1.807) is 0 Å². The van der Waals surface area contributed by atoms with Crippen molar-refractivity contribution >= 4 is 5.69 Å². The first-order valence-corrected chi connectivity index (χ1v) is 7.51. The molecule has 0 amide bonds. The van der Waals surface area contributed by atoms with Crippen molar-refractivity contribution in [2.45, 2.75) is 45.2 Å². The fourth-order valence-corrected chi connectivity index (χ4v) is 2.65. The van der Waals surface area contributed by atoms with Gasteiger partial charge >= 0.3 is 0 Å². The van der Waals surface area contributed by atoms with Gasteiger partial charge in [-0.3, -0.25) is 4.90 Å². The first kappa shape index (κ1) is 12.8. The van der Waals surface area contributed by atoms with Crippen LogP contribution in [-0.4, -0.2) is 24.1 Å². The summed E-state index contributed by atoms with van der Waals surface area (Å²) in [4.78, 5) is 2.63. The molecule has 0 bridgehead atoms. The number of hydrogen-bond donors (Lipinski definition) is 1. The van der Waals surface area contributed by atoms with E-state index in [-0.39, 0.29) is 0 Å². The molecule has 3 heteroatoms. The van der Waals surface area contributed by atoms with Crippen LogP contribution in [0, 0.1) is 5.92 Å². The number of benzene rings is 1. The standard InChI is InChI=1S/C16H24N2O/c1-2-19-16-8-5-14(17)9-13(16)11-18(15-6-7-15)10-12-3-4-12/h5,8-9,12,15H,2-4,6-7,10-11,17H2,1H3. The molecule has 0 saturated heterocycles. The molecule has 2 aliphatic carbocycles. The Morgan fingerprint density at radius 1 is 1.26 bits per heavy atom. The van der Waals surface area contributed by atoms with Crippen LogP contribution >= 0.6 is 0 Å². The summed E-state index contributed by atoms with van der Waals surface area (Å²) < 4.78 is 5.73. The van der Waals surface area contributed by atoms with Crippen LogP contribution in [0.1, 0.15) is 38.2 Å². The highest BCUT2D eigenvalue weighted by Gasteiger charge is 2.33. The normalized spacial score (nSPS) is 18.8. The van der Waals surface area contributed by atoms with Crippen molar-refractivity contribution < 1.29 is 4.74 Å². The SMILES string of the molecule is CCOc1ccc(N)cc1CN(CC1CC1)C1CC1. The van der Waals surface area contributed by atoms with E-state index in [2.05, 4.69) is 11.0 Å². The van der Waals surface area contributed by atoms with Gasteiger partial charge in [-0.25, -0.2) is 0 Å². The fraction of sp³-hybridized carbons (Fsp3) is 0.625. The quantitative estimate of drug-likeness (QED) is 0.766. The van der Waals surface area contributed by atoms with E-state index in [1.165, 1.54) is 37.8 Å². The number of ether oxygens (including phenoxy) is 1. The molecule has 2 fully saturated rings. The zero-order valence-corrected chi connectivity index (χ0v) is 11.8. The molecule has 3 nitrogen and oxygen atoms in total. The molecule has 0 heterocycles. The molecule has 104 valence electrons. The number of hydrogen-bond acceptors (Lipinski definition) is 3. The van der Waals surface area contributed by atoms with Crippen molar-refractivity contribution in [2.75, 3.05) is 18.9 Å². The van der Waals surface area contributed by atoms with E-state index in [0.29, 0.717) is 6.61 Å². The van der Waals surface area contributed by atoms with Crippen LogP contribution in [0.15, 0.2) is 18.2 Å². The maximum Gasteiger partial charge on any atom is 0.123 e. The lowest BCUT2D eigenvalue weighted by molar-refractivity contribution is 0.238. The zero-order chi connectivity index (χ0) is 13.2. The summed E-state index contributed by atoms with van der Waals surface area (Å²) in [5, 5.41) is 0. The van der Waals surface area contributed by atoms with Crippen molar-refractivity contribution in [3.8, 4) is 5.75 Å². The average molecular weight is 260 g/mol. The molecule has 0 aromatic heterocycles. The van der Waals surface area contributed by atoms with Gasteiger partial charge in [0, 0.05) is 30.4 Å². The number of nitrogens with zero attached hydrogens (tertiary/aromatic N) is 1. The summed E-state index contributed by atoms with van der Waals surface area (Å²) >= 11 is 0. The van der Waals surface area contributed by atoms with Gasteiger partial charge in [0.25, 0.3) is 0 Å². The Morgan fingerprint density at radius 2 is 2.05 bits per heavy atom. The third-order valence-corrected chi connectivity index (χ3v) is 4.01. The maximum absolute atomic E-state index is 5.93. The zero-order valence-electron chi connectivity index (χ0n) is 11.8. The Labute approximate surface area is 115 Å². The molecule has 0 aliphatic heterocycles. The van der Waals surface area contributed by atoms with Crippen LogP contribution in [0.25, 0.3) is 0 Å². The van der Waals surface area contributed by atoms with Crippen molar-refractivity contribution in [3.63, 3.8) is 0 Å². The summed E-state index contributed by atoms with van der Waals surface area (Å²) in [6.45, 7) is 4.98. The molecular weight excluding hydrogens is 236 g/mol. The molecule has 1 aromatic rings. The third-order valence-electron chi connectivity index (χ3n) is 4.01. The predicted octanol–water partition coefficient (Wildman–Crippen LogP) is 3.04. The largest absolute Gasteiger partial charge is 0.494 e. The highest BCUT2D eigenvalue weighted by Crippen LogP contribution is 2.36. The summed E-state index contributed by atoms with van der Waals surface area (Å²) in [7, 11) is 0. The molecule has 3 rings (SSSR count). The molecule has 2 N–H and O–H groups in total. The van der Waals surface area contributed by atoms with Crippen LogP contribution in [0.2, 0.25) is 0 Å². The lowest BCUT2D eigenvalue weighted by atomic mass is 10.1. The Morgan fingerprint density at radius 3 is 2.68 bits per heavy atom. The molecule has 19 heavy (non-hydrogen) atoms. The second-order valence-electron chi connectivity index (χ2n) is 5.90. The minimum absolute atomic E-state index is 0.711. The van der Waals surface area contributed by atoms with Gasteiger partial charge in [-0.2, -0.15) is 0 Å². The van der Waals surface area contributed by atoms with Crippen molar-refractivity contribution in [2.24, 2.45) is 5.92 Å². The summed E-state index contributed by atoms with van der Waals surface area (Å²) in [6, 6.07) is 6.82. The van der Waals surface area contributed by atoms with E-state index >= 15 is 0 Å². The van der Waals surface area contributed by atoms with E-state index in [9.17, 15) is 0 Å². The average Bonchev–Trinajstić information content (AvgIpc) is 3.26. The second-order valence-corrected chi connectivity index (χ2v) is 5.90. The van der Waals surface area contributed by atoms with Gasteiger partial charge in [-0.1, -0.05) is 0 Å². The molecule has 0 radical (unpaired) electrons. The monoisotopic (exact) mass is 260 g/mol. The Hall–Kier alpha value is -1.22. The second kappa shape index (κ2) is 5.41. The van der Waals surface area contributed by atoms with Crippen LogP contribution in [0.3, 0.4) is 0 Å². The van der Waals surface area contributed by atoms with Gasteiger partial charge in [-0.05, 0) is 56.7 Å². The van der Waals surface area contributed by atoms with Gasteiger partial charge in [0.1, 0.15) is 5.75 Å². The minimum Gasteiger partial charge on any atom is -0.494 e. The topological polar surface area (TPSA) is 38.5 Å². The van der Waals surface area contributed by atoms with Gasteiger partial charge < -0.3 is 10.5 Å². The van der Waals surface area contributed by atoms with Crippen LogP contribution in [-0.2, 0) is 6.54 Å². The summed E-state index contributed by atoms with van der Waals surface area (Å²) in [6.07, 6.45) is 5.55. The molecule has 0 unspecified atom stereocenters. The maximum atomic E-state index is 5.93. The highest BCUT2D eigenvalue weighted by atomic mass is 16.5. The molecular formula is C16H24N2O. The van der Waals surface area contributed by atoms with E-state index < -0.39 is 0 Å². The smallest absolute Gasteiger partial charge is 0.123 e. The molecule has 2 saturated carbocycles. The number of anilines is 1. The van der Waals surface area contributed by atoms with E-state index in [4.69, 9.17) is 10.5 Å². The summed E-state index contributed by atoms with van der Waals surface area (Å²) in [5.41, 5.74) is 8.01. The predicted molar refractivity (Wildman–Crippen MR) is 78.2 cm³/mol. The van der Waals surface area contributed by atoms with Crippen LogP contribution < -0.4 is 10.5 Å². The van der Waals surface area contributed by atoms with Crippen molar-refractivity contribution in [1.82, 2.24) is 4.90 Å². The minimum atomic E-state index is 0.711. The Kier molecular flexibility index (Phi) is 3.65. The lowest BCUT2D eigenvalue weighted by Crippen LogP contribution is -2.28. The fourth-order valence-electron chi connectivity index (χ4n) is 2.65. The van der Waals surface area contributed by atoms with E-state index in [1.807, 2.05) is 19.1 Å². The third kappa shape index (κ3) is 3.41. The van der Waals surface area contributed by atoms with E-state index in [0.717, 1.165) is 29.9 Å². The Bertz CT molecular complexity index is 438. The molecule has 2 aliphatic rings. The van der Waals surface area contributed by atoms with Crippen molar-refractivity contribution in [3.05, 3.63) is 23.8 Å². The Balaban J connectivity index is 1.73. The number of nitrogen functional groups attached to an aromatic ring is 1. The van der Waals surface area contributed by atoms with Gasteiger partial charge in [0.15, 0.2) is 0 Å². The summed E-state index contributed by atoms with van der Waals surface area (Å²) in [5.74, 6) is 1.94. The van der Waals surface area contributed by atoms with Crippen LogP contribution in [0.4, 0.5) is 5.69 Å². The highest BCUT2D eigenvalue weighted by molar-refractivity contribution is 5.47. The first-order valence-electron chi connectivity index (χ1n) is 7.51. The van der Waals surface area contributed by atoms with Crippen LogP contribution in [0.5, 0.6) is 5.75 Å². The molecule has 0 spiro atoms.